The topological polar surface area (TPSA) is 63.3 Å². The van der Waals surface area contributed by atoms with E-state index in [9.17, 15) is 9.90 Å². The standard InChI is InChI=1S/C12H14ClNO2/c13-9-5-2-1-4-8(9)12(14)7-3-6-10(15)11(12)16/h1-2,4-5,10,15H,3,6-7,14H2/i1D,2D,4D,5D,6D2. The van der Waals surface area contributed by atoms with Crippen molar-refractivity contribution in [2.75, 3.05) is 0 Å². The van der Waals surface area contributed by atoms with Crippen molar-refractivity contribution in [3.05, 3.63) is 34.8 Å². The molecular formula is C12H14ClNO2. The summed E-state index contributed by atoms with van der Waals surface area (Å²) in [7, 11) is 0. The molecule has 1 aliphatic carbocycles. The van der Waals surface area contributed by atoms with Crippen LogP contribution in [-0.2, 0) is 10.3 Å². The van der Waals surface area contributed by atoms with Crippen LogP contribution in [0.1, 0.15) is 33.0 Å². The summed E-state index contributed by atoms with van der Waals surface area (Å²) in [5.41, 5.74) is 3.75. The minimum atomic E-state index is -2.14. The van der Waals surface area contributed by atoms with Gasteiger partial charge in [0.25, 0.3) is 0 Å². The third-order valence-corrected chi connectivity index (χ3v) is 2.92. The minimum Gasteiger partial charge on any atom is -0.385 e. The van der Waals surface area contributed by atoms with Gasteiger partial charge in [-0.05, 0) is 30.8 Å². The van der Waals surface area contributed by atoms with Crippen molar-refractivity contribution in [1.82, 2.24) is 0 Å². The third kappa shape index (κ3) is 1.75. The first-order chi connectivity index (χ1) is 9.95. The van der Waals surface area contributed by atoms with Gasteiger partial charge in [-0.2, -0.15) is 0 Å². The Kier molecular flexibility index (Phi) is 1.60. The lowest BCUT2D eigenvalue weighted by Crippen LogP contribution is -2.52. The van der Waals surface area contributed by atoms with E-state index < -0.39 is 53.0 Å². The Bertz CT molecular complexity index is 639. The summed E-state index contributed by atoms with van der Waals surface area (Å²) in [6.07, 6.45) is -4.59. The number of rotatable bonds is 1. The monoisotopic (exact) mass is 245 g/mol. The molecule has 0 amide bonds. The quantitative estimate of drug-likeness (QED) is 0.790. The highest BCUT2D eigenvalue weighted by molar-refractivity contribution is 6.31. The fourth-order valence-corrected chi connectivity index (χ4v) is 1.98. The van der Waals surface area contributed by atoms with Gasteiger partial charge in [0, 0.05) is 7.76 Å². The van der Waals surface area contributed by atoms with Crippen molar-refractivity contribution < 1.29 is 18.1 Å². The molecule has 0 heterocycles. The van der Waals surface area contributed by atoms with E-state index in [1.807, 2.05) is 0 Å². The first-order valence-electron chi connectivity index (χ1n) is 7.72. The highest BCUT2D eigenvalue weighted by atomic mass is 35.5. The van der Waals surface area contributed by atoms with Crippen LogP contribution >= 0.6 is 11.6 Å². The molecule has 1 fully saturated rings. The molecule has 1 saturated carbocycles. The summed E-state index contributed by atoms with van der Waals surface area (Å²) in [5.74, 6) is -1.05. The molecule has 1 aromatic rings. The summed E-state index contributed by atoms with van der Waals surface area (Å²) < 4.78 is 46.0. The SMILES string of the molecule is [2H]c1c([2H])c([2H])c(C2(N)CCC([2H])([2H])C(O)C2=O)c(Cl)c1[2H]. The number of carbonyl (C=O) groups excluding carboxylic acids is 1. The van der Waals surface area contributed by atoms with Gasteiger partial charge in [-0.3, -0.25) is 4.79 Å². The fourth-order valence-electron chi connectivity index (χ4n) is 1.72. The van der Waals surface area contributed by atoms with Crippen LogP contribution in [0.5, 0.6) is 0 Å². The van der Waals surface area contributed by atoms with E-state index in [1.54, 1.807) is 0 Å². The predicted octanol–water partition coefficient (Wildman–Crippen LogP) is 1.61. The van der Waals surface area contributed by atoms with Crippen LogP contribution in [0, 0.1) is 0 Å². The Morgan fingerprint density at radius 2 is 2.31 bits per heavy atom. The minimum absolute atomic E-state index is 0.224. The van der Waals surface area contributed by atoms with Gasteiger partial charge in [-0.15, -0.1) is 0 Å². The van der Waals surface area contributed by atoms with Crippen molar-refractivity contribution >= 4 is 17.4 Å². The number of carbonyl (C=O) groups is 1. The number of halogens is 1. The zero-order valence-corrected chi connectivity index (χ0v) is 9.06. The zero-order chi connectivity index (χ0) is 17.0. The van der Waals surface area contributed by atoms with Crippen molar-refractivity contribution in [3.8, 4) is 0 Å². The number of hydrogen-bond acceptors (Lipinski definition) is 3. The Morgan fingerprint density at radius 3 is 3.06 bits per heavy atom. The van der Waals surface area contributed by atoms with E-state index in [-0.39, 0.29) is 18.4 Å². The second-order valence-corrected chi connectivity index (χ2v) is 4.01. The van der Waals surface area contributed by atoms with Gasteiger partial charge < -0.3 is 10.8 Å². The number of aliphatic hydroxyl groups excluding tert-OH is 1. The van der Waals surface area contributed by atoms with Gasteiger partial charge >= 0.3 is 0 Å². The van der Waals surface area contributed by atoms with Gasteiger partial charge in [-0.25, -0.2) is 0 Å². The van der Waals surface area contributed by atoms with Gasteiger partial charge in [-0.1, -0.05) is 29.7 Å². The molecule has 4 heteroatoms. The second-order valence-electron chi connectivity index (χ2n) is 3.63. The van der Waals surface area contributed by atoms with Crippen LogP contribution in [0.15, 0.2) is 24.2 Å². The van der Waals surface area contributed by atoms with Crippen LogP contribution in [0.3, 0.4) is 0 Å². The summed E-state index contributed by atoms with van der Waals surface area (Å²) >= 11 is 5.96. The molecule has 2 atom stereocenters. The van der Waals surface area contributed by atoms with Gasteiger partial charge in [0.15, 0.2) is 5.78 Å². The van der Waals surface area contributed by atoms with Gasteiger partial charge in [0.05, 0.1) is 5.48 Å². The third-order valence-electron chi connectivity index (χ3n) is 2.63. The molecule has 86 valence electrons. The lowest BCUT2D eigenvalue weighted by Gasteiger charge is -2.35. The molecule has 2 rings (SSSR count). The maximum absolute atomic E-state index is 12.3. The van der Waals surface area contributed by atoms with Crippen molar-refractivity contribution in [3.63, 3.8) is 0 Å². The number of ketones is 1. The largest absolute Gasteiger partial charge is 0.385 e. The molecule has 0 saturated heterocycles. The maximum Gasteiger partial charge on any atom is 0.185 e. The highest BCUT2D eigenvalue weighted by Crippen LogP contribution is 2.35. The van der Waals surface area contributed by atoms with Crippen LogP contribution in [-0.4, -0.2) is 17.0 Å². The Labute approximate surface area is 108 Å². The number of aliphatic hydroxyl groups is 1. The molecule has 3 nitrogen and oxygen atoms in total. The van der Waals surface area contributed by atoms with Crippen LogP contribution < -0.4 is 5.73 Å². The fraction of sp³-hybridized carbons (Fsp3) is 0.417. The van der Waals surface area contributed by atoms with Crippen LogP contribution in [0.4, 0.5) is 0 Å². The number of hydrogen-bond donors (Lipinski definition) is 2. The Hall–Kier alpha value is -0.900. The Morgan fingerprint density at radius 1 is 1.62 bits per heavy atom. The summed E-state index contributed by atoms with van der Waals surface area (Å²) in [5, 5.41) is 9.45. The van der Waals surface area contributed by atoms with Gasteiger partial charge in [0.2, 0.25) is 0 Å². The van der Waals surface area contributed by atoms with E-state index in [2.05, 4.69) is 0 Å². The molecular weight excluding hydrogens is 226 g/mol. The molecule has 3 N–H and O–H groups in total. The molecule has 1 aliphatic rings. The Balaban J connectivity index is 2.69. The summed E-state index contributed by atoms with van der Waals surface area (Å²) in [4.78, 5) is 12.3. The molecule has 0 radical (unpaired) electrons. The average molecular weight is 246 g/mol. The molecule has 1 aromatic carbocycles. The van der Waals surface area contributed by atoms with Crippen LogP contribution in [0.2, 0.25) is 5.02 Å². The zero-order valence-electron chi connectivity index (χ0n) is 14.3. The van der Waals surface area contributed by atoms with Crippen molar-refractivity contribution in [1.29, 1.82) is 0 Å². The van der Waals surface area contributed by atoms with Gasteiger partial charge in [0.1, 0.15) is 11.6 Å². The number of Topliss-reactive ketones (excluding diaryl/α,β-unsaturated/α-hetero) is 1. The first-order valence-corrected chi connectivity index (χ1v) is 5.10. The van der Waals surface area contributed by atoms with Crippen molar-refractivity contribution in [2.45, 2.75) is 30.9 Å². The average Bonchev–Trinajstić information content (AvgIpc) is 2.46. The highest BCUT2D eigenvalue weighted by Gasteiger charge is 2.43. The molecule has 0 bridgehead atoms. The van der Waals surface area contributed by atoms with E-state index in [0.717, 1.165) is 0 Å². The summed E-state index contributed by atoms with van der Waals surface area (Å²) in [6, 6.07) is -2.23. The normalized spacial score (nSPS) is 38.9. The second kappa shape index (κ2) is 4.17. The van der Waals surface area contributed by atoms with E-state index >= 15 is 0 Å². The lowest BCUT2D eigenvalue weighted by atomic mass is 9.75. The molecule has 2 unspecified atom stereocenters. The maximum atomic E-state index is 12.3. The molecule has 0 aliphatic heterocycles. The first kappa shape index (κ1) is 6.15. The smallest absolute Gasteiger partial charge is 0.185 e. The molecule has 0 spiro atoms. The van der Waals surface area contributed by atoms with Crippen molar-refractivity contribution in [2.24, 2.45) is 5.73 Å². The lowest BCUT2D eigenvalue weighted by molar-refractivity contribution is -0.136. The van der Waals surface area contributed by atoms with Crippen LogP contribution in [0.25, 0.3) is 0 Å². The van der Waals surface area contributed by atoms with E-state index in [4.69, 9.17) is 25.6 Å². The number of benzene rings is 1. The van der Waals surface area contributed by atoms with E-state index in [0.29, 0.717) is 0 Å². The molecule has 16 heavy (non-hydrogen) atoms. The number of nitrogens with two attached hydrogens (primary N) is 1. The predicted molar refractivity (Wildman–Crippen MR) is 62.2 cm³/mol. The van der Waals surface area contributed by atoms with E-state index in [1.165, 1.54) is 0 Å². The molecule has 0 aromatic heterocycles. The summed E-state index contributed by atoms with van der Waals surface area (Å²) in [6.45, 7) is 0.